The molecular weight excluding hydrogens is 342 g/mol. The summed E-state index contributed by atoms with van der Waals surface area (Å²) in [5.74, 6) is 0.320. The van der Waals surface area contributed by atoms with E-state index in [1.54, 1.807) is 27.8 Å². The van der Waals surface area contributed by atoms with Crippen molar-refractivity contribution in [2.75, 3.05) is 7.11 Å². The van der Waals surface area contributed by atoms with Crippen LogP contribution in [-0.4, -0.2) is 25.9 Å². The first-order chi connectivity index (χ1) is 10.5. The Balaban J connectivity index is 2.00. The summed E-state index contributed by atoms with van der Waals surface area (Å²) in [4.78, 5) is 0.129. The number of methoxy groups -OCH3 is 1. The standard InChI is InChI=1S/C15H16ClNO3S2/c1-20-14-5-2-12(16)8-15(14)22(18,19)17(13-3-4-13)9-11-6-7-21-10-11/h2,5-8,10,13H,3-4,9H2,1H3. The van der Waals surface area contributed by atoms with Crippen LogP contribution in [0.2, 0.25) is 5.02 Å². The molecule has 1 aliphatic rings. The van der Waals surface area contributed by atoms with Crippen molar-refractivity contribution >= 4 is 33.0 Å². The van der Waals surface area contributed by atoms with Crippen LogP contribution in [0.15, 0.2) is 39.9 Å². The van der Waals surface area contributed by atoms with Crippen molar-refractivity contribution in [3.05, 3.63) is 45.6 Å². The van der Waals surface area contributed by atoms with E-state index in [4.69, 9.17) is 16.3 Å². The highest BCUT2D eigenvalue weighted by Gasteiger charge is 2.39. The Morgan fingerprint density at radius 1 is 1.36 bits per heavy atom. The Morgan fingerprint density at radius 2 is 2.14 bits per heavy atom. The molecule has 0 N–H and O–H groups in total. The van der Waals surface area contributed by atoms with Crippen LogP contribution < -0.4 is 4.74 Å². The number of thiophene rings is 1. The van der Waals surface area contributed by atoms with Crippen LogP contribution in [0.3, 0.4) is 0 Å². The van der Waals surface area contributed by atoms with Crippen molar-refractivity contribution in [1.29, 1.82) is 0 Å². The summed E-state index contributed by atoms with van der Waals surface area (Å²) in [5, 5.41) is 4.30. The van der Waals surface area contributed by atoms with Crippen molar-refractivity contribution < 1.29 is 13.2 Å². The molecule has 0 atom stereocenters. The minimum Gasteiger partial charge on any atom is -0.495 e. The molecule has 1 aromatic heterocycles. The normalized spacial score (nSPS) is 15.2. The fourth-order valence-corrected chi connectivity index (χ4v) is 5.07. The predicted octanol–water partition coefficient (Wildman–Crippen LogP) is 3.76. The van der Waals surface area contributed by atoms with Gasteiger partial charge in [0.25, 0.3) is 0 Å². The van der Waals surface area contributed by atoms with Gasteiger partial charge in [-0.2, -0.15) is 15.6 Å². The van der Waals surface area contributed by atoms with Gasteiger partial charge in [-0.25, -0.2) is 8.42 Å². The highest BCUT2D eigenvalue weighted by atomic mass is 35.5. The van der Waals surface area contributed by atoms with Crippen LogP contribution in [0.4, 0.5) is 0 Å². The van der Waals surface area contributed by atoms with Crippen molar-refractivity contribution in [2.45, 2.75) is 30.3 Å². The first kappa shape index (κ1) is 15.8. The minimum absolute atomic E-state index is 0.0635. The van der Waals surface area contributed by atoms with E-state index in [-0.39, 0.29) is 10.9 Å². The number of hydrogen-bond donors (Lipinski definition) is 0. The van der Waals surface area contributed by atoms with Crippen LogP contribution in [0, 0.1) is 0 Å². The van der Waals surface area contributed by atoms with E-state index in [9.17, 15) is 8.42 Å². The number of nitrogens with zero attached hydrogens (tertiary/aromatic N) is 1. The van der Waals surface area contributed by atoms with Gasteiger partial charge in [0, 0.05) is 17.6 Å². The molecule has 2 aromatic rings. The maximum Gasteiger partial charge on any atom is 0.247 e. The van der Waals surface area contributed by atoms with Gasteiger partial charge >= 0.3 is 0 Å². The van der Waals surface area contributed by atoms with Crippen LogP contribution in [0.5, 0.6) is 5.75 Å². The van der Waals surface area contributed by atoms with Gasteiger partial charge in [0.15, 0.2) is 0 Å². The summed E-state index contributed by atoms with van der Waals surface area (Å²) in [5.41, 5.74) is 1.00. The number of hydrogen-bond acceptors (Lipinski definition) is 4. The molecule has 0 amide bonds. The number of ether oxygens (including phenoxy) is 1. The smallest absolute Gasteiger partial charge is 0.247 e. The highest BCUT2D eigenvalue weighted by Crippen LogP contribution is 2.37. The first-order valence-corrected chi connectivity index (χ1v) is 9.65. The molecular formula is C15H16ClNO3S2. The number of benzene rings is 1. The molecule has 3 rings (SSSR count). The average Bonchev–Trinajstić information content (AvgIpc) is 3.20. The molecule has 1 aliphatic carbocycles. The van der Waals surface area contributed by atoms with E-state index < -0.39 is 10.0 Å². The molecule has 4 nitrogen and oxygen atoms in total. The van der Waals surface area contributed by atoms with Gasteiger partial charge in [-0.3, -0.25) is 0 Å². The summed E-state index contributed by atoms with van der Waals surface area (Å²) in [7, 11) is -2.19. The van der Waals surface area contributed by atoms with Gasteiger partial charge in [-0.15, -0.1) is 0 Å². The molecule has 0 bridgehead atoms. The SMILES string of the molecule is COc1ccc(Cl)cc1S(=O)(=O)N(Cc1ccsc1)C1CC1. The van der Waals surface area contributed by atoms with E-state index in [1.807, 2.05) is 16.8 Å². The molecule has 22 heavy (non-hydrogen) atoms. The third kappa shape index (κ3) is 3.15. The Bertz CT molecular complexity index is 755. The van der Waals surface area contributed by atoms with Crippen LogP contribution in [0.1, 0.15) is 18.4 Å². The molecule has 0 unspecified atom stereocenters. The fourth-order valence-electron chi connectivity index (χ4n) is 2.31. The highest BCUT2D eigenvalue weighted by molar-refractivity contribution is 7.89. The molecule has 0 spiro atoms. The second kappa shape index (κ2) is 6.20. The fraction of sp³-hybridized carbons (Fsp3) is 0.333. The maximum absolute atomic E-state index is 13.1. The largest absolute Gasteiger partial charge is 0.495 e. The molecule has 0 saturated heterocycles. The molecule has 118 valence electrons. The lowest BCUT2D eigenvalue weighted by Crippen LogP contribution is -2.32. The molecule has 1 fully saturated rings. The lowest BCUT2D eigenvalue weighted by molar-refractivity contribution is 0.382. The molecule has 0 aliphatic heterocycles. The van der Waals surface area contributed by atoms with Crippen molar-refractivity contribution in [3.8, 4) is 5.75 Å². The Hall–Kier alpha value is -1.08. The number of sulfonamides is 1. The molecule has 1 aromatic carbocycles. The van der Waals surface area contributed by atoms with Crippen molar-refractivity contribution in [3.63, 3.8) is 0 Å². The molecule has 1 saturated carbocycles. The molecule has 0 radical (unpaired) electrons. The van der Waals surface area contributed by atoms with E-state index in [1.165, 1.54) is 13.2 Å². The summed E-state index contributed by atoms with van der Waals surface area (Å²) in [6, 6.07) is 6.68. The third-order valence-corrected chi connectivity index (χ3v) is 6.47. The van der Waals surface area contributed by atoms with Crippen LogP contribution >= 0.6 is 22.9 Å². The van der Waals surface area contributed by atoms with Crippen LogP contribution in [0.25, 0.3) is 0 Å². The van der Waals surface area contributed by atoms with E-state index >= 15 is 0 Å². The van der Waals surface area contributed by atoms with Gasteiger partial charge in [0.1, 0.15) is 10.6 Å². The van der Waals surface area contributed by atoms with Gasteiger partial charge < -0.3 is 4.74 Å². The Labute approximate surface area is 139 Å². The second-order valence-corrected chi connectivity index (χ2v) is 8.28. The first-order valence-electron chi connectivity index (χ1n) is 6.89. The average molecular weight is 358 g/mol. The predicted molar refractivity (Wildman–Crippen MR) is 88.1 cm³/mol. The third-order valence-electron chi connectivity index (χ3n) is 3.58. The topological polar surface area (TPSA) is 46.6 Å². The molecule has 1 heterocycles. The maximum atomic E-state index is 13.1. The van der Waals surface area contributed by atoms with Crippen molar-refractivity contribution in [1.82, 2.24) is 4.31 Å². The van der Waals surface area contributed by atoms with E-state index in [0.717, 1.165) is 18.4 Å². The summed E-state index contributed by atoms with van der Waals surface area (Å²) in [6.45, 7) is 0.381. The Kier molecular flexibility index (Phi) is 4.45. The van der Waals surface area contributed by atoms with Gasteiger partial charge in [-0.05, 0) is 53.4 Å². The molecule has 7 heteroatoms. The number of rotatable bonds is 6. The van der Waals surface area contributed by atoms with Gasteiger partial charge in [-0.1, -0.05) is 11.6 Å². The second-order valence-electron chi connectivity index (χ2n) is 5.21. The lowest BCUT2D eigenvalue weighted by atomic mass is 10.3. The monoisotopic (exact) mass is 357 g/mol. The lowest BCUT2D eigenvalue weighted by Gasteiger charge is -2.22. The van der Waals surface area contributed by atoms with Crippen molar-refractivity contribution in [2.24, 2.45) is 0 Å². The van der Waals surface area contributed by atoms with Crippen LogP contribution in [-0.2, 0) is 16.6 Å². The Morgan fingerprint density at radius 3 is 2.73 bits per heavy atom. The van der Waals surface area contributed by atoms with Gasteiger partial charge in [0.05, 0.1) is 7.11 Å². The summed E-state index contributed by atoms with van der Waals surface area (Å²) < 4.78 is 32.9. The zero-order valence-corrected chi connectivity index (χ0v) is 14.4. The van der Waals surface area contributed by atoms with Gasteiger partial charge in [0.2, 0.25) is 10.0 Å². The zero-order chi connectivity index (χ0) is 15.7. The minimum atomic E-state index is -3.65. The summed E-state index contributed by atoms with van der Waals surface area (Å²) in [6.07, 6.45) is 1.79. The van der Waals surface area contributed by atoms with E-state index in [0.29, 0.717) is 17.3 Å². The number of halogens is 1. The summed E-state index contributed by atoms with van der Waals surface area (Å²) >= 11 is 7.55. The van der Waals surface area contributed by atoms with E-state index in [2.05, 4.69) is 0 Å². The zero-order valence-electron chi connectivity index (χ0n) is 12.0. The quantitative estimate of drug-likeness (QED) is 0.790.